The van der Waals surface area contributed by atoms with Gasteiger partial charge >= 0.3 is 0 Å². The first kappa shape index (κ1) is 27.9. The first-order valence-corrected chi connectivity index (χ1v) is 12.4. The summed E-state index contributed by atoms with van der Waals surface area (Å²) in [5, 5.41) is 19.1. The maximum atomic E-state index is 12.9. The van der Waals surface area contributed by atoms with Gasteiger partial charge in [0.1, 0.15) is 36.2 Å². The zero-order valence-corrected chi connectivity index (χ0v) is 22.0. The molecule has 0 fully saturated rings. The van der Waals surface area contributed by atoms with E-state index in [4.69, 9.17) is 16.3 Å². The van der Waals surface area contributed by atoms with Crippen LogP contribution in [0.4, 0.5) is 0 Å². The van der Waals surface area contributed by atoms with Crippen LogP contribution in [0.2, 0.25) is 5.02 Å². The molecule has 0 saturated carbocycles. The molecule has 1 aliphatic rings. The number of carbonyl (C=O) groups is 4. The number of nitrogens with zero attached hydrogens (tertiary/aromatic N) is 3. The fraction of sp³-hybridized carbons (Fsp3) is 0.500. The second kappa shape index (κ2) is 12.5. The Kier molecular flexibility index (Phi) is 9.45. The predicted octanol–water partition coefficient (Wildman–Crippen LogP) is 0.794. The Balaban J connectivity index is 1.85. The standard InChI is InChI=1S/C24H32ClN7O5/c1-13(2)9-19-24(36)26-11-17-12-32(31-30-17)7-8-37-20-6-5-16(25)10-18(20)23(35)28-14(3)21(33)27-15(4)22(34)29-19/h5-6,10,12-15,19H,7-9,11H2,1-4H3,(H,26,36)(H,27,33)(H,28,35)(H,29,34)/t14-,15-,19-/m1/s1. The van der Waals surface area contributed by atoms with E-state index in [0.29, 0.717) is 23.7 Å². The molecule has 4 amide bonds. The molecule has 200 valence electrons. The van der Waals surface area contributed by atoms with Gasteiger partial charge in [-0.05, 0) is 44.4 Å². The average Bonchev–Trinajstić information content (AvgIpc) is 3.29. The lowest BCUT2D eigenvalue weighted by atomic mass is 10.0. The summed E-state index contributed by atoms with van der Waals surface area (Å²) in [6.07, 6.45) is 2.07. The molecule has 4 N–H and O–H groups in total. The van der Waals surface area contributed by atoms with Crippen molar-refractivity contribution in [3.63, 3.8) is 0 Å². The molecule has 12 nitrogen and oxygen atoms in total. The van der Waals surface area contributed by atoms with Gasteiger partial charge in [-0.2, -0.15) is 0 Å². The van der Waals surface area contributed by atoms with Gasteiger partial charge in [0.2, 0.25) is 17.7 Å². The molecule has 2 aromatic rings. The fourth-order valence-corrected chi connectivity index (χ4v) is 3.80. The number of halogens is 1. The maximum absolute atomic E-state index is 12.9. The van der Waals surface area contributed by atoms with Crippen molar-refractivity contribution in [2.24, 2.45) is 5.92 Å². The van der Waals surface area contributed by atoms with Crippen LogP contribution in [-0.4, -0.2) is 63.4 Å². The molecular formula is C24H32ClN7O5. The number of aromatic nitrogens is 3. The van der Waals surface area contributed by atoms with Crippen LogP contribution >= 0.6 is 11.6 Å². The van der Waals surface area contributed by atoms with E-state index in [2.05, 4.69) is 31.6 Å². The van der Waals surface area contributed by atoms with Gasteiger partial charge in [-0.25, -0.2) is 4.68 Å². The highest BCUT2D eigenvalue weighted by Gasteiger charge is 2.27. The molecule has 1 aromatic heterocycles. The van der Waals surface area contributed by atoms with Crippen molar-refractivity contribution in [1.82, 2.24) is 36.3 Å². The van der Waals surface area contributed by atoms with Crippen molar-refractivity contribution in [2.75, 3.05) is 6.61 Å². The smallest absolute Gasteiger partial charge is 0.255 e. The number of hydrogen-bond donors (Lipinski definition) is 4. The highest BCUT2D eigenvalue weighted by Crippen LogP contribution is 2.23. The molecule has 0 saturated heterocycles. The van der Waals surface area contributed by atoms with Crippen LogP contribution in [0.5, 0.6) is 5.75 Å². The number of fused-ring (bicyclic) bond motifs is 3. The summed E-state index contributed by atoms with van der Waals surface area (Å²) in [7, 11) is 0. The second-order valence-electron chi connectivity index (χ2n) is 9.30. The van der Waals surface area contributed by atoms with Crippen molar-refractivity contribution >= 4 is 35.2 Å². The zero-order valence-electron chi connectivity index (χ0n) is 21.2. The van der Waals surface area contributed by atoms with Crippen LogP contribution in [0.15, 0.2) is 24.4 Å². The van der Waals surface area contributed by atoms with Gasteiger partial charge in [0, 0.05) is 5.02 Å². The summed E-state index contributed by atoms with van der Waals surface area (Å²) in [5.74, 6) is -1.63. The van der Waals surface area contributed by atoms with E-state index in [-0.39, 0.29) is 36.3 Å². The molecule has 2 heterocycles. The minimum absolute atomic E-state index is 0.121. The summed E-state index contributed by atoms with van der Waals surface area (Å²) >= 11 is 6.09. The Hall–Kier alpha value is -3.67. The number of nitrogens with one attached hydrogen (secondary N) is 4. The van der Waals surface area contributed by atoms with Gasteiger partial charge in [-0.3, -0.25) is 19.2 Å². The minimum Gasteiger partial charge on any atom is -0.491 e. The van der Waals surface area contributed by atoms with E-state index in [1.54, 1.807) is 23.0 Å². The Morgan fingerprint density at radius 2 is 1.76 bits per heavy atom. The fourth-order valence-electron chi connectivity index (χ4n) is 3.63. The summed E-state index contributed by atoms with van der Waals surface area (Å²) in [5.41, 5.74) is 0.685. The summed E-state index contributed by atoms with van der Waals surface area (Å²) in [6.45, 7) is 7.48. The molecule has 1 aromatic carbocycles. The minimum atomic E-state index is -0.969. The predicted molar refractivity (Wildman–Crippen MR) is 135 cm³/mol. The van der Waals surface area contributed by atoms with E-state index in [0.717, 1.165) is 0 Å². The lowest BCUT2D eigenvalue weighted by molar-refractivity contribution is -0.132. The molecule has 2 bridgehead atoms. The third-order valence-electron chi connectivity index (χ3n) is 5.63. The van der Waals surface area contributed by atoms with Crippen LogP contribution in [0.25, 0.3) is 0 Å². The van der Waals surface area contributed by atoms with Gasteiger partial charge in [0.25, 0.3) is 5.91 Å². The van der Waals surface area contributed by atoms with E-state index in [1.807, 2.05) is 13.8 Å². The number of ether oxygens (including phenoxy) is 1. The van der Waals surface area contributed by atoms with E-state index < -0.39 is 35.8 Å². The van der Waals surface area contributed by atoms with Crippen molar-refractivity contribution in [3.05, 3.63) is 40.7 Å². The molecule has 3 rings (SSSR count). The number of benzene rings is 1. The highest BCUT2D eigenvalue weighted by atomic mass is 35.5. The number of amides is 4. The largest absolute Gasteiger partial charge is 0.491 e. The van der Waals surface area contributed by atoms with Crippen molar-refractivity contribution in [1.29, 1.82) is 0 Å². The first-order valence-electron chi connectivity index (χ1n) is 12.0. The lowest BCUT2D eigenvalue weighted by Crippen LogP contribution is -2.55. The SMILES string of the molecule is CC(C)C[C@H]1NC(=O)[C@@H](C)NC(=O)[C@@H](C)NC(=O)c2cc(Cl)ccc2OCCn2cc(nn2)CNC1=O. The lowest BCUT2D eigenvalue weighted by Gasteiger charge is -2.23. The first-order chi connectivity index (χ1) is 17.5. The second-order valence-corrected chi connectivity index (χ2v) is 9.73. The third-order valence-corrected chi connectivity index (χ3v) is 5.86. The normalized spacial score (nSPS) is 22.2. The molecule has 0 spiro atoms. The highest BCUT2D eigenvalue weighted by molar-refractivity contribution is 6.31. The van der Waals surface area contributed by atoms with Crippen LogP contribution in [0.3, 0.4) is 0 Å². The molecule has 3 atom stereocenters. The zero-order chi connectivity index (χ0) is 27.1. The van der Waals surface area contributed by atoms with Crippen LogP contribution in [0, 0.1) is 5.92 Å². The van der Waals surface area contributed by atoms with Crippen LogP contribution < -0.4 is 26.0 Å². The quantitative estimate of drug-likeness (QED) is 0.444. The van der Waals surface area contributed by atoms with Crippen molar-refractivity contribution < 1.29 is 23.9 Å². The van der Waals surface area contributed by atoms with Gasteiger partial charge in [-0.1, -0.05) is 30.7 Å². The number of hydrogen-bond acceptors (Lipinski definition) is 7. The molecular weight excluding hydrogens is 502 g/mol. The topological polar surface area (TPSA) is 156 Å². The van der Waals surface area contributed by atoms with Crippen molar-refractivity contribution in [3.8, 4) is 5.75 Å². The van der Waals surface area contributed by atoms with Crippen LogP contribution in [-0.2, 0) is 27.5 Å². The number of rotatable bonds is 2. The summed E-state index contributed by atoms with van der Waals surface area (Å²) in [6, 6.07) is 1.87. The molecule has 1 aliphatic heterocycles. The molecule has 0 aliphatic carbocycles. The van der Waals surface area contributed by atoms with Gasteiger partial charge in [0.05, 0.1) is 24.8 Å². The van der Waals surface area contributed by atoms with Gasteiger partial charge in [0.15, 0.2) is 0 Å². The maximum Gasteiger partial charge on any atom is 0.255 e. The summed E-state index contributed by atoms with van der Waals surface area (Å²) in [4.78, 5) is 51.3. The molecule has 0 unspecified atom stereocenters. The molecule has 0 radical (unpaired) electrons. The summed E-state index contributed by atoms with van der Waals surface area (Å²) < 4.78 is 7.34. The molecule has 13 heteroatoms. The Bertz CT molecular complexity index is 1150. The monoisotopic (exact) mass is 533 g/mol. The third kappa shape index (κ3) is 7.91. The van der Waals surface area contributed by atoms with Crippen LogP contribution in [0.1, 0.15) is 50.2 Å². The van der Waals surface area contributed by atoms with E-state index in [1.165, 1.54) is 19.9 Å². The van der Waals surface area contributed by atoms with E-state index in [9.17, 15) is 19.2 Å². The molecule has 37 heavy (non-hydrogen) atoms. The van der Waals surface area contributed by atoms with Gasteiger partial charge < -0.3 is 26.0 Å². The van der Waals surface area contributed by atoms with Gasteiger partial charge in [-0.15, -0.1) is 5.10 Å². The Morgan fingerprint density at radius 1 is 1.05 bits per heavy atom. The average molecular weight is 534 g/mol. The van der Waals surface area contributed by atoms with Crippen molar-refractivity contribution in [2.45, 2.75) is 65.3 Å². The van der Waals surface area contributed by atoms with E-state index >= 15 is 0 Å². The Labute approximate surface area is 219 Å². The number of carbonyl (C=O) groups excluding carboxylic acids is 4. The Morgan fingerprint density at radius 3 is 2.49 bits per heavy atom.